The molecule has 38 heavy (non-hydrogen) atoms. The number of ether oxygens (including phenoxy) is 1. The lowest BCUT2D eigenvalue weighted by Crippen LogP contribution is -2.42. The normalized spacial score (nSPS) is 15.1. The first-order valence-electron chi connectivity index (χ1n) is 12.6. The van der Waals surface area contributed by atoms with E-state index in [1.807, 2.05) is 26.8 Å². The second-order valence-corrected chi connectivity index (χ2v) is 12.3. The minimum absolute atomic E-state index is 0.143. The zero-order valence-electron chi connectivity index (χ0n) is 21.6. The van der Waals surface area contributed by atoms with E-state index in [9.17, 15) is 18.5 Å². The van der Waals surface area contributed by atoms with Gasteiger partial charge >= 0.3 is 6.09 Å². The number of nitrogens with zero attached hydrogens (tertiary/aromatic N) is 5. The number of benzene rings is 1. The predicted molar refractivity (Wildman–Crippen MR) is 143 cm³/mol. The third kappa shape index (κ3) is 4.70. The molecular formula is C28H29N5O4S. The van der Waals surface area contributed by atoms with Crippen molar-refractivity contribution in [1.82, 2.24) is 18.8 Å². The highest BCUT2D eigenvalue weighted by molar-refractivity contribution is 7.90. The highest BCUT2D eigenvalue weighted by Crippen LogP contribution is 2.36. The summed E-state index contributed by atoms with van der Waals surface area (Å²) in [6, 6.07) is 14.0. The van der Waals surface area contributed by atoms with E-state index >= 15 is 0 Å². The molecule has 4 aromatic rings. The van der Waals surface area contributed by atoms with Gasteiger partial charge in [-0.05, 0) is 75.8 Å². The molecule has 196 valence electrons. The molecule has 0 aliphatic carbocycles. The Hall–Kier alpha value is -3.97. The number of hydrogen-bond donors (Lipinski definition) is 0. The van der Waals surface area contributed by atoms with E-state index in [4.69, 9.17) is 4.74 Å². The molecule has 9 nitrogen and oxygen atoms in total. The molecule has 0 saturated carbocycles. The minimum atomic E-state index is -3.98. The van der Waals surface area contributed by atoms with Crippen LogP contribution in [-0.4, -0.2) is 52.0 Å². The number of piperidine rings is 1. The van der Waals surface area contributed by atoms with Gasteiger partial charge in [0.2, 0.25) is 0 Å². The van der Waals surface area contributed by atoms with E-state index in [2.05, 4.69) is 16.0 Å². The van der Waals surface area contributed by atoms with Gasteiger partial charge in [0.25, 0.3) is 10.0 Å². The van der Waals surface area contributed by atoms with E-state index in [0.717, 1.165) is 12.8 Å². The maximum absolute atomic E-state index is 13.8. The van der Waals surface area contributed by atoms with Crippen LogP contribution in [0.3, 0.4) is 0 Å². The van der Waals surface area contributed by atoms with Crippen molar-refractivity contribution in [3.63, 3.8) is 0 Å². The van der Waals surface area contributed by atoms with Crippen molar-refractivity contribution in [2.24, 2.45) is 5.92 Å². The van der Waals surface area contributed by atoms with E-state index in [1.165, 1.54) is 10.2 Å². The second-order valence-electron chi connectivity index (χ2n) is 10.5. The number of rotatable bonds is 4. The zero-order chi connectivity index (χ0) is 27.1. The number of amides is 1. The van der Waals surface area contributed by atoms with Crippen molar-refractivity contribution in [3.8, 4) is 6.07 Å². The molecule has 1 aliphatic rings. The number of aromatic nitrogens is 3. The summed E-state index contributed by atoms with van der Waals surface area (Å²) in [4.78, 5) is 23.2. The molecule has 4 heterocycles. The van der Waals surface area contributed by atoms with E-state index < -0.39 is 15.6 Å². The molecule has 5 rings (SSSR count). The molecular weight excluding hydrogens is 502 g/mol. The van der Waals surface area contributed by atoms with Crippen LogP contribution in [0.4, 0.5) is 4.79 Å². The highest BCUT2D eigenvalue weighted by atomic mass is 32.2. The topological polar surface area (TPSA) is 118 Å². The summed E-state index contributed by atoms with van der Waals surface area (Å²) in [5.74, 6) is 0.189. The average molecular weight is 532 g/mol. The number of carbonyl (C=O) groups excluding carboxylic acids is 1. The molecule has 1 aliphatic heterocycles. The summed E-state index contributed by atoms with van der Waals surface area (Å²) in [6.45, 7) is 6.64. The van der Waals surface area contributed by atoms with Crippen LogP contribution in [0, 0.1) is 17.2 Å². The van der Waals surface area contributed by atoms with Crippen molar-refractivity contribution < 1.29 is 17.9 Å². The fraction of sp³-hybridized carbons (Fsp3) is 0.357. The van der Waals surface area contributed by atoms with E-state index in [1.54, 1.807) is 47.5 Å². The van der Waals surface area contributed by atoms with Crippen LogP contribution in [-0.2, 0) is 21.2 Å². The maximum Gasteiger partial charge on any atom is 0.410 e. The number of likely N-dealkylation sites (tertiary alicyclic amines) is 1. The molecule has 0 bridgehead atoms. The van der Waals surface area contributed by atoms with E-state index in [0.29, 0.717) is 47.0 Å². The SMILES string of the molecule is CC(C)(C)OC(=O)N1CCC(Cc2c(C#N)ncc3c2c2cccnc2n3S(=O)(=O)c2ccccc2)CC1. The Bertz CT molecular complexity index is 1660. The van der Waals surface area contributed by atoms with Gasteiger partial charge in [-0.1, -0.05) is 18.2 Å². The van der Waals surface area contributed by atoms with Crippen molar-refractivity contribution in [2.75, 3.05) is 13.1 Å². The van der Waals surface area contributed by atoms with Crippen LogP contribution >= 0.6 is 0 Å². The molecule has 1 amide bonds. The molecule has 0 atom stereocenters. The lowest BCUT2D eigenvalue weighted by molar-refractivity contribution is 0.0184. The Morgan fingerprint density at radius 2 is 1.82 bits per heavy atom. The highest BCUT2D eigenvalue weighted by Gasteiger charge is 2.30. The minimum Gasteiger partial charge on any atom is -0.444 e. The molecule has 10 heteroatoms. The first kappa shape index (κ1) is 25.7. The third-order valence-electron chi connectivity index (χ3n) is 6.77. The number of fused-ring (bicyclic) bond motifs is 3. The average Bonchev–Trinajstić information content (AvgIpc) is 3.24. The number of carbonyl (C=O) groups is 1. The van der Waals surface area contributed by atoms with Crippen molar-refractivity contribution in [2.45, 2.75) is 50.5 Å². The Kier molecular flexibility index (Phi) is 6.57. The van der Waals surface area contributed by atoms with Gasteiger partial charge in [-0.15, -0.1) is 0 Å². The van der Waals surface area contributed by atoms with Gasteiger partial charge in [-0.3, -0.25) is 0 Å². The van der Waals surface area contributed by atoms with Gasteiger partial charge in [-0.2, -0.15) is 5.26 Å². The summed E-state index contributed by atoms with van der Waals surface area (Å²) < 4.78 is 34.3. The standard InChI is InChI=1S/C28H29N5O4S/c1-28(2,3)37-27(34)32-14-11-19(12-15-32)16-22-23(17-29)31-18-24-25(22)21-10-7-13-30-26(21)33(24)38(35,36)20-8-5-4-6-9-20/h4-10,13,18-19H,11-12,14-16H2,1-3H3. The van der Waals surface area contributed by atoms with E-state index in [-0.39, 0.29) is 22.6 Å². The fourth-order valence-corrected chi connectivity index (χ4v) is 6.52. The Morgan fingerprint density at radius 3 is 2.47 bits per heavy atom. The van der Waals surface area contributed by atoms with Crippen LogP contribution in [0.5, 0.6) is 0 Å². The molecule has 1 fully saturated rings. The van der Waals surface area contributed by atoms with Crippen molar-refractivity contribution in [1.29, 1.82) is 5.26 Å². The molecule has 0 radical (unpaired) electrons. The van der Waals surface area contributed by atoms with Gasteiger partial charge in [0.1, 0.15) is 17.4 Å². The summed E-state index contributed by atoms with van der Waals surface area (Å²) in [7, 11) is -3.98. The Labute approximate surface area is 221 Å². The van der Waals surface area contributed by atoms with Crippen LogP contribution in [0.2, 0.25) is 0 Å². The number of pyridine rings is 2. The monoisotopic (exact) mass is 531 g/mol. The largest absolute Gasteiger partial charge is 0.444 e. The van der Waals surface area contributed by atoms with Crippen LogP contribution in [0.25, 0.3) is 21.9 Å². The first-order valence-corrected chi connectivity index (χ1v) is 14.0. The second kappa shape index (κ2) is 9.72. The quantitative estimate of drug-likeness (QED) is 0.368. The molecule has 1 saturated heterocycles. The summed E-state index contributed by atoms with van der Waals surface area (Å²) in [5, 5.41) is 11.3. The van der Waals surface area contributed by atoms with Gasteiger partial charge in [0.05, 0.1) is 16.6 Å². The maximum atomic E-state index is 13.8. The van der Waals surface area contributed by atoms with Crippen LogP contribution in [0.15, 0.2) is 59.8 Å². The smallest absolute Gasteiger partial charge is 0.410 e. The summed E-state index contributed by atoms with van der Waals surface area (Å²) in [5.41, 5.74) is 1.11. The molecule has 0 unspecified atom stereocenters. The third-order valence-corrected chi connectivity index (χ3v) is 8.49. The zero-order valence-corrected chi connectivity index (χ0v) is 22.4. The Morgan fingerprint density at radius 1 is 1.11 bits per heavy atom. The van der Waals surface area contributed by atoms with Crippen molar-refractivity contribution >= 4 is 38.1 Å². The Balaban J connectivity index is 1.55. The van der Waals surface area contributed by atoms with Gasteiger partial charge in [-0.25, -0.2) is 27.2 Å². The van der Waals surface area contributed by atoms with Crippen LogP contribution in [0.1, 0.15) is 44.9 Å². The molecule has 0 spiro atoms. The number of nitriles is 1. The predicted octanol–water partition coefficient (Wildman–Crippen LogP) is 4.88. The summed E-state index contributed by atoms with van der Waals surface area (Å²) in [6.07, 6.45) is 4.69. The molecule has 0 N–H and O–H groups in total. The van der Waals surface area contributed by atoms with Crippen molar-refractivity contribution in [3.05, 3.63) is 66.1 Å². The van der Waals surface area contributed by atoms with Gasteiger partial charge < -0.3 is 9.64 Å². The molecule has 1 aromatic carbocycles. The first-order chi connectivity index (χ1) is 18.1. The van der Waals surface area contributed by atoms with Gasteiger partial charge in [0.15, 0.2) is 5.65 Å². The fourth-order valence-electron chi connectivity index (χ4n) is 5.03. The lowest BCUT2D eigenvalue weighted by atomic mass is 9.88. The lowest BCUT2D eigenvalue weighted by Gasteiger charge is -2.33. The van der Waals surface area contributed by atoms with Crippen LogP contribution < -0.4 is 0 Å². The molecule has 3 aromatic heterocycles. The van der Waals surface area contributed by atoms with Gasteiger partial charge in [0, 0.05) is 30.1 Å². The number of hydrogen-bond acceptors (Lipinski definition) is 7. The summed E-state index contributed by atoms with van der Waals surface area (Å²) >= 11 is 0.